The average Bonchev–Trinajstić information content (AvgIpc) is 2.53. The number of halogens is 1. The molecule has 0 aliphatic carbocycles. The molecule has 0 unspecified atom stereocenters. The Hall–Kier alpha value is -1.34. The van der Waals surface area contributed by atoms with Gasteiger partial charge in [0.15, 0.2) is 0 Å². The smallest absolute Gasteiger partial charge is 0.0636 e. The van der Waals surface area contributed by atoms with Crippen LogP contribution in [0.15, 0.2) is 47.6 Å². The molecular formula is C11H8ClN. The maximum Gasteiger partial charge on any atom is 0.0636 e. The Morgan fingerprint density at radius 1 is 1.15 bits per heavy atom. The van der Waals surface area contributed by atoms with Crippen molar-refractivity contribution in [3.63, 3.8) is 0 Å². The van der Waals surface area contributed by atoms with Gasteiger partial charge in [-0.05, 0) is 23.8 Å². The van der Waals surface area contributed by atoms with Crippen molar-refractivity contribution in [3.05, 3.63) is 53.2 Å². The predicted molar refractivity (Wildman–Crippen MR) is 57.1 cm³/mol. The van der Waals surface area contributed by atoms with E-state index in [1.165, 1.54) is 0 Å². The van der Waals surface area contributed by atoms with E-state index in [0.29, 0.717) is 0 Å². The second-order valence-electron chi connectivity index (χ2n) is 2.81. The van der Waals surface area contributed by atoms with Crippen molar-refractivity contribution >= 4 is 23.4 Å². The topological polar surface area (TPSA) is 12.4 Å². The molecule has 1 aliphatic heterocycles. The molecule has 2 heteroatoms. The molecule has 0 atom stereocenters. The summed E-state index contributed by atoms with van der Waals surface area (Å²) in [4.78, 5) is 4.07. The lowest BCUT2D eigenvalue weighted by Crippen LogP contribution is -1.81. The first kappa shape index (κ1) is 8.27. The van der Waals surface area contributed by atoms with Crippen LogP contribution >= 0.6 is 11.6 Å². The summed E-state index contributed by atoms with van der Waals surface area (Å²) in [5, 5.41) is 0.744. The fourth-order valence-corrected chi connectivity index (χ4v) is 1.39. The lowest BCUT2D eigenvalue weighted by atomic mass is 10.1. The Kier molecular flexibility index (Phi) is 2.03. The van der Waals surface area contributed by atoms with Crippen molar-refractivity contribution < 1.29 is 0 Å². The van der Waals surface area contributed by atoms with Gasteiger partial charge < -0.3 is 0 Å². The molecule has 0 aromatic heterocycles. The molecule has 2 rings (SSSR count). The number of rotatable bonds is 1. The monoisotopic (exact) mass is 189 g/mol. The first-order valence-corrected chi connectivity index (χ1v) is 4.35. The molecule has 0 saturated carbocycles. The molecular weight excluding hydrogens is 182 g/mol. The molecule has 13 heavy (non-hydrogen) atoms. The minimum atomic E-state index is 0.744. The highest BCUT2D eigenvalue weighted by atomic mass is 35.5. The van der Waals surface area contributed by atoms with Crippen LogP contribution in [0.1, 0.15) is 5.56 Å². The van der Waals surface area contributed by atoms with E-state index in [1.807, 2.05) is 30.3 Å². The van der Waals surface area contributed by atoms with E-state index in [4.69, 9.17) is 11.6 Å². The third-order valence-corrected chi connectivity index (χ3v) is 2.19. The van der Waals surface area contributed by atoms with Gasteiger partial charge in [0, 0.05) is 16.8 Å². The lowest BCUT2D eigenvalue weighted by Gasteiger charge is -2.02. The Bertz CT molecular complexity index is 399. The Morgan fingerprint density at radius 3 is 2.38 bits per heavy atom. The summed E-state index contributed by atoms with van der Waals surface area (Å²) in [6.45, 7) is 3.84. The summed E-state index contributed by atoms with van der Waals surface area (Å²) in [7, 11) is 0. The second kappa shape index (κ2) is 3.19. The van der Waals surface area contributed by atoms with Crippen molar-refractivity contribution in [2.24, 2.45) is 4.99 Å². The zero-order chi connectivity index (χ0) is 9.26. The molecule has 1 aromatic rings. The van der Waals surface area contributed by atoms with E-state index < -0.39 is 0 Å². The molecule has 1 aliphatic rings. The van der Waals surface area contributed by atoms with E-state index in [1.54, 1.807) is 6.21 Å². The zero-order valence-corrected chi connectivity index (χ0v) is 7.75. The van der Waals surface area contributed by atoms with Crippen LogP contribution in [0.4, 0.5) is 0 Å². The molecule has 0 amide bonds. The van der Waals surface area contributed by atoms with Crippen LogP contribution in [-0.2, 0) is 0 Å². The van der Waals surface area contributed by atoms with Gasteiger partial charge in [-0.1, -0.05) is 30.3 Å². The van der Waals surface area contributed by atoms with E-state index in [9.17, 15) is 0 Å². The minimum absolute atomic E-state index is 0.744. The van der Waals surface area contributed by atoms with Gasteiger partial charge in [-0.3, -0.25) is 4.99 Å². The molecule has 1 nitrogen and oxygen atoms in total. The van der Waals surface area contributed by atoms with Crippen LogP contribution in [0.2, 0.25) is 5.02 Å². The molecule has 0 fully saturated rings. The number of hydrogen-bond donors (Lipinski definition) is 0. The molecule has 0 saturated heterocycles. The number of hydrogen-bond acceptors (Lipinski definition) is 1. The molecule has 64 valence electrons. The lowest BCUT2D eigenvalue weighted by molar-refractivity contribution is 1.48. The number of nitrogens with zero attached hydrogens (tertiary/aromatic N) is 1. The Morgan fingerprint density at radius 2 is 1.85 bits per heavy atom. The van der Waals surface area contributed by atoms with Crippen molar-refractivity contribution in [2.45, 2.75) is 0 Å². The molecule has 1 heterocycles. The van der Waals surface area contributed by atoms with Crippen LogP contribution < -0.4 is 0 Å². The van der Waals surface area contributed by atoms with Crippen molar-refractivity contribution in [1.82, 2.24) is 0 Å². The van der Waals surface area contributed by atoms with Crippen molar-refractivity contribution in [3.8, 4) is 0 Å². The Balaban J connectivity index is 2.38. The third-order valence-electron chi connectivity index (χ3n) is 1.94. The van der Waals surface area contributed by atoms with Crippen LogP contribution in [0, 0.1) is 0 Å². The van der Waals surface area contributed by atoms with Crippen LogP contribution in [-0.4, -0.2) is 6.21 Å². The minimum Gasteiger partial charge on any atom is -0.257 e. The fourth-order valence-electron chi connectivity index (χ4n) is 1.26. The summed E-state index contributed by atoms with van der Waals surface area (Å²) in [5.74, 6) is 0. The fraction of sp³-hybridized carbons (Fsp3) is 0. The van der Waals surface area contributed by atoms with Gasteiger partial charge in [-0.15, -0.1) is 0 Å². The normalized spacial score (nSPS) is 14.8. The van der Waals surface area contributed by atoms with Crippen LogP contribution in [0.25, 0.3) is 5.57 Å². The summed E-state index contributed by atoms with van der Waals surface area (Å²) in [6.07, 6.45) is 3.71. The van der Waals surface area contributed by atoms with Gasteiger partial charge in [-0.2, -0.15) is 0 Å². The average molecular weight is 190 g/mol. The molecule has 1 aromatic carbocycles. The summed E-state index contributed by atoms with van der Waals surface area (Å²) in [6, 6.07) is 7.66. The number of allylic oxidation sites excluding steroid dienone is 2. The number of benzene rings is 1. The van der Waals surface area contributed by atoms with Crippen LogP contribution in [0.5, 0.6) is 0 Å². The van der Waals surface area contributed by atoms with E-state index in [2.05, 4.69) is 11.6 Å². The van der Waals surface area contributed by atoms with Crippen LogP contribution in [0.3, 0.4) is 0 Å². The highest BCUT2D eigenvalue weighted by molar-refractivity contribution is 6.30. The number of aliphatic imine (C=N–C) groups is 1. The third kappa shape index (κ3) is 1.56. The summed E-state index contributed by atoms with van der Waals surface area (Å²) in [5.41, 5.74) is 2.98. The van der Waals surface area contributed by atoms with E-state index in [-0.39, 0.29) is 0 Å². The first-order chi connectivity index (χ1) is 6.27. The highest BCUT2D eigenvalue weighted by Crippen LogP contribution is 2.26. The molecule has 0 radical (unpaired) electrons. The van der Waals surface area contributed by atoms with Crippen molar-refractivity contribution in [2.75, 3.05) is 0 Å². The largest absolute Gasteiger partial charge is 0.257 e. The van der Waals surface area contributed by atoms with Gasteiger partial charge in [-0.25, -0.2) is 0 Å². The predicted octanol–water partition coefficient (Wildman–Crippen LogP) is 3.32. The molecule has 0 spiro atoms. The van der Waals surface area contributed by atoms with Gasteiger partial charge >= 0.3 is 0 Å². The van der Waals surface area contributed by atoms with E-state index in [0.717, 1.165) is 21.9 Å². The maximum absolute atomic E-state index is 5.78. The van der Waals surface area contributed by atoms with Gasteiger partial charge in [0.2, 0.25) is 0 Å². The zero-order valence-electron chi connectivity index (χ0n) is 7.00. The highest BCUT2D eigenvalue weighted by Gasteiger charge is 2.07. The maximum atomic E-state index is 5.78. The quantitative estimate of drug-likeness (QED) is 0.643. The van der Waals surface area contributed by atoms with Gasteiger partial charge in [0.05, 0.1) is 5.70 Å². The Labute approximate surface area is 82.1 Å². The van der Waals surface area contributed by atoms with Gasteiger partial charge in [0.1, 0.15) is 0 Å². The molecule has 0 bridgehead atoms. The summed E-state index contributed by atoms with van der Waals surface area (Å²) < 4.78 is 0. The first-order valence-electron chi connectivity index (χ1n) is 3.97. The van der Waals surface area contributed by atoms with Crippen molar-refractivity contribution in [1.29, 1.82) is 0 Å². The second-order valence-corrected chi connectivity index (χ2v) is 3.25. The standard InChI is InChI=1S/C11H8ClN/c1-8-11(6-7-13-8)9-2-4-10(12)5-3-9/h2-7H,1H2. The van der Waals surface area contributed by atoms with E-state index >= 15 is 0 Å². The van der Waals surface area contributed by atoms with Gasteiger partial charge in [0.25, 0.3) is 0 Å². The molecule has 0 N–H and O–H groups in total. The SMILES string of the molecule is C=C1N=CC=C1c1ccc(Cl)cc1. The summed E-state index contributed by atoms with van der Waals surface area (Å²) >= 11 is 5.78.